The van der Waals surface area contributed by atoms with Crippen LogP contribution in [0.1, 0.15) is 26.7 Å². The monoisotopic (exact) mass is 258 g/mol. The molecule has 6 nitrogen and oxygen atoms in total. The third-order valence-corrected chi connectivity index (χ3v) is 3.46. The zero-order chi connectivity index (χ0) is 13.8. The zero-order valence-corrected chi connectivity index (χ0v) is 11.2. The highest BCUT2D eigenvalue weighted by Crippen LogP contribution is 2.30. The molecule has 1 atom stereocenters. The average Bonchev–Trinajstić information content (AvgIpc) is 2.29. The number of hydrogen-bond donors (Lipinski definition) is 2. The summed E-state index contributed by atoms with van der Waals surface area (Å²) < 4.78 is 4.95. The fraction of sp³-hybridized carbons (Fsp3) is 0.833. The first-order chi connectivity index (χ1) is 8.39. The van der Waals surface area contributed by atoms with Crippen molar-refractivity contribution in [3.05, 3.63) is 0 Å². The molecule has 2 amide bonds. The van der Waals surface area contributed by atoms with E-state index >= 15 is 0 Å². The van der Waals surface area contributed by atoms with Gasteiger partial charge >= 0.3 is 12.0 Å². The second-order valence-electron chi connectivity index (χ2n) is 5.16. The minimum absolute atomic E-state index is 0.0460. The predicted molar refractivity (Wildman–Crippen MR) is 66.4 cm³/mol. The molecule has 1 fully saturated rings. The predicted octanol–water partition coefficient (Wildman–Crippen LogP) is 0.918. The highest BCUT2D eigenvalue weighted by molar-refractivity contribution is 5.77. The molecule has 1 aliphatic heterocycles. The maximum Gasteiger partial charge on any atom is 0.317 e. The highest BCUT2D eigenvalue weighted by atomic mass is 16.5. The Morgan fingerprint density at radius 3 is 2.44 bits per heavy atom. The number of ether oxygens (including phenoxy) is 1. The van der Waals surface area contributed by atoms with Crippen LogP contribution in [0, 0.1) is 5.41 Å². The Morgan fingerprint density at radius 1 is 1.44 bits per heavy atom. The lowest BCUT2D eigenvalue weighted by molar-refractivity contribution is -0.150. The van der Waals surface area contributed by atoms with E-state index in [4.69, 9.17) is 9.84 Å². The van der Waals surface area contributed by atoms with Crippen LogP contribution in [0.25, 0.3) is 0 Å². The van der Waals surface area contributed by atoms with E-state index in [0.717, 1.165) is 0 Å². The molecule has 1 saturated heterocycles. The number of piperidine rings is 1. The van der Waals surface area contributed by atoms with Gasteiger partial charge in [-0.15, -0.1) is 0 Å². The Labute approximate surface area is 107 Å². The number of carboxylic acids is 1. The van der Waals surface area contributed by atoms with Crippen LogP contribution in [0.4, 0.5) is 4.79 Å². The van der Waals surface area contributed by atoms with E-state index in [1.165, 1.54) is 0 Å². The minimum atomic E-state index is -0.782. The fourth-order valence-corrected chi connectivity index (χ4v) is 2.01. The van der Waals surface area contributed by atoms with Crippen molar-refractivity contribution in [3.8, 4) is 0 Å². The van der Waals surface area contributed by atoms with Gasteiger partial charge in [0.15, 0.2) is 0 Å². The van der Waals surface area contributed by atoms with Crippen molar-refractivity contribution < 1.29 is 19.4 Å². The number of likely N-dealkylation sites (tertiary alicyclic amines) is 1. The summed E-state index contributed by atoms with van der Waals surface area (Å²) in [5.41, 5.74) is -0.699. The van der Waals surface area contributed by atoms with E-state index < -0.39 is 11.4 Å². The SMILES string of the molecule is COCC(C)NC(=O)N1CCC(C)(C(=O)O)CC1. The number of amides is 2. The lowest BCUT2D eigenvalue weighted by Gasteiger charge is -2.36. The van der Waals surface area contributed by atoms with Crippen LogP contribution >= 0.6 is 0 Å². The Bertz CT molecular complexity index is 311. The van der Waals surface area contributed by atoms with Crippen LogP contribution in [-0.4, -0.2) is 54.9 Å². The van der Waals surface area contributed by atoms with Crippen LogP contribution in [-0.2, 0) is 9.53 Å². The summed E-state index contributed by atoms with van der Waals surface area (Å²) in [6, 6.07) is -0.192. The maximum absolute atomic E-state index is 11.9. The molecule has 1 unspecified atom stereocenters. The third kappa shape index (κ3) is 3.60. The van der Waals surface area contributed by atoms with Crippen LogP contribution < -0.4 is 5.32 Å². The second kappa shape index (κ2) is 6.04. The van der Waals surface area contributed by atoms with Gasteiger partial charge in [0.05, 0.1) is 18.1 Å². The smallest absolute Gasteiger partial charge is 0.317 e. The first-order valence-corrected chi connectivity index (χ1v) is 6.17. The summed E-state index contributed by atoms with van der Waals surface area (Å²) in [5.74, 6) is -0.782. The van der Waals surface area contributed by atoms with Crippen molar-refractivity contribution in [1.82, 2.24) is 10.2 Å². The topological polar surface area (TPSA) is 78.9 Å². The number of aliphatic carboxylic acids is 1. The summed E-state index contributed by atoms with van der Waals surface area (Å²) in [6.45, 7) is 5.03. The number of nitrogens with zero attached hydrogens (tertiary/aromatic N) is 1. The van der Waals surface area contributed by atoms with Crippen molar-refractivity contribution in [2.24, 2.45) is 5.41 Å². The molecule has 0 aromatic heterocycles. The van der Waals surface area contributed by atoms with Crippen molar-refractivity contribution in [2.75, 3.05) is 26.8 Å². The minimum Gasteiger partial charge on any atom is -0.481 e. The number of methoxy groups -OCH3 is 1. The third-order valence-electron chi connectivity index (χ3n) is 3.46. The van der Waals surface area contributed by atoms with E-state index in [0.29, 0.717) is 32.5 Å². The van der Waals surface area contributed by atoms with Gasteiger partial charge in [-0.25, -0.2) is 4.79 Å². The molecule has 1 aliphatic rings. The van der Waals surface area contributed by atoms with E-state index in [1.54, 1.807) is 18.9 Å². The van der Waals surface area contributed by atoms with E-state index in [9.17, 15) is 9.59 Å². The van der Waals surface area contributed by atoms with Gasteiger partial charge in [0.2, 0.25) is 0 Å². The van der Waals surface area contributed by atoms with Gasteiger partial charge in [0.25, 0.3) is 0 Å². The maximum atomic E-state index is 11.9. The van der Waals surface area contributed by atoms with Gasteiger partial charge < -0.3 is 20.1 Å². The summed E-state index contributed by atoms with van der Waals surface area (Å²) in [5, 5.41) is 11.9. The van der Waals surface area contributed by atoms with Crippen molar-refractivity contribution in [2.45, 2.75) is 32.7 Å². The number of nitrogens with one attached hydrogen (secondary N) is 1. The highest BCUT2D eigenvalue weighted by Gasteiger charge is 2.38. The molecule has 0 bridgehead atoms. The normalized spacial score (nSPS) is 20.3. The Hall–Kier alpha value is -1.30. The van der Waals surface area contributed by atoms with Crippen LogP contribution in [0.2, 0.25) is 0 Å². The Kier molecular flexibility index (Phi) is 4.95. The van der Waals surface area contributed by atoms with Crippen molar-refractivity contribution >= 4 is 12.0 Å². The number of carbonyl (C=O) groups excluding carboxylic acids is 1. The molecule has 0 spiro atoms. The molecular weight excluding hydrogens is 236 g/mol. The lowest BCUT2D eigenvalue weighted by atomic mass is 9.80. The number of urea groups is 1. The van der Waals surface area contributed by atoms with Gasteiger partial charge in [-0.1, -0.05) is 0 Å². The number of carbonyl (C=O) groups is 2. The summed E-state index contributed by atoms with van der Waals surface area (Å²) in [4.78, 5) is 24.6. The molecule has 0 radical (unpaired) electrons. The second-order valence-corrected chi connectivity index (χ2v) is 5.16. The molecule has 0 aromatic carbocycles. The summed E-state index contributed by atoms with van der Waals surface area (Å²) >= 11 is 0. The Morgan fingerprint density at radius 2 is 2.00 bits per heavy atom. The van der Waals surface area contributed by atoms with Gasteiger partial charge in [-0.3, -0.25) is 4.79 Å². The van der Waals surface area contributed by atoms with Crippen molar-refractivity contribution in [3.63, 3.8) is 0 Å². The Balaban J connectivity index is 2.43. The molecule has 0 saturated carbocycles. The zero-order valence-electron chi connectivity index (χ0n) is 11.2. The molecule has 2 N–H and O–H groups in total. The van der Waals surface area contributed by atoms with Gasteiger partial charge in [0.1, 0.15) is 0 Å². The largest absolute Gasteiger partial charge is 0.481 e. The van der Waals surface area contributed by atoms with Gasteiger partial charge in [-0.2, -0.15) is 0 Å². The van der Waals surface area contributed by atoms with E-state index in [2.05, 4.69) is 5.32 Å². The summed E-state index contributed by atoms with van der Waals surface area (Å²) in [6.07, 6.45) is 0.989. The molecule has 18 heavy (non-hydrogen) atoms. The quantitative estimate of drug-likeness (QED) is 0.786. The molecule has 6 heteroatoms. The fourth-order valence-electron chi connectivity index (χ4n) is 2.01. The van der Waals surface area contributed by atoms with E-state index in [1.807, 2.05) is 6.92 Å². The first-order valence-electron chi connectivity index (χ1n) is 6.17. The standard InChI is InChI=1S/C12H22N2O4/c1-9(8-18-3)13-11(17)14-6-4-12(2,5-7-14)10(15)16/h9H,4-8H2,1-3H3,(H,13,17)(H,15,16). The molecule has 0 aliphatic carbocycles. The van der Waals surface area contributed by atoms with Crippen molar-refractivity contribution in [1.29, 1.82) is 0 Å². The number of rotatable bonds is 4. The number of hydrogen-bond acceptors (Lipinski definition) is 3. The lowest BCUT2D eigenvalue weighted by Crippen LogP contribution is -2.51. The molecule has 1 rings (SSSR count). The summed E-state index contributed by atoms with van der Waals surface area (Å²) in [7, 11) is 1.59. The van der Waals surface area contributed by atoms with Crippen LogP contribution in [0.15, 0.2) is 0 Å². The molecular formula is C12H22N2O4. The van der Waals surface area contributed by atoms with Crippen LogP contribution in [0.5, 0.6) is 0 Å². The molecule has 0 aromatic rings. The molecule has 104 valence electrons. The first kappa shape index (κ1) is 14.8. The van der Waals surface area contributed by atoms with E-state index in [-0.39, 0.29) is 12.1 Å². The van der Waals surface area contributed by atoms with Gasteiger partial charge in [0, 0.05) is 20.2 Å². The average molecular weight is 258 g/mol. The molecule has 1 heterocycles. The number of carboxylic acid groups (broad SMARTS) is 1. The van der Waals surface area contributed by atoms with Crippen LogP contribution in [0.3, 0.4) is 0 Å². The van der Waals surface area contributed by atoms with Gasteiger partial charge in [-0.05, 0) is 26.7 Å².